The molecule has 1 fully saturated rings. The third-order valence-electron chi connectivity index (χ3n) is 5.86. The fourth-order valence-electron chi connectivity index (χ4n) is 4.01. The molecule has 1 saturated heterocycles. The number of hydrogen-bond acceptors (Lipinski definition) is 5. The molecule has 0 saturated carbocycles. The third kappa shape index (κ3) is 6.20. The summed E-state index contributed by atoms with van der Waals surface area (Å²) in [6.45, 7) is 1.69. The molecule has 1 aliphatic rings. The lowest BCUT2D eigenvalue weighted by Gasteiger charge is -2.25. The van der Waals surface area contributed by atoms with Gasteiger partial charge in [0.05, 0.1) is 25.4 Å². The molecule has 34 heavy (non-hydrogen) atoms. The zero-order chi connectivity index (χ0) is 23.8. The molecule has 176 valence electrons. The zero-order valence-electron chi connectivity index (χ0n) is 19.3. The number of nitrogens with zero attached hydrogens (tertiary/aromatic N) is 3. The van der Waals surface area contributed by atoms with Crippen LogP contribution >= 0.6 is 0 Å². The highest BCUT2D eigenvalue weighted by atomic mass is 16.5. The summed E-state index contributed by atoms with van der Waals surface area (Å²) in [5, 5.41) is 0. The highest BCUT2D eigenvalue weighted by Crippen LogP contribution is 2.17. The molecule has 2 aromatic carbocycles. The SMILES string of the molecule is COc1cccc(CO[C@@H]2CN(CCc3ccccc3)C(=O)CN(C(=O)c3cccnc3)C2)c1. The first-order valence-electron chi connectivity index (χ1n) is 11.4. The second-order valence-corrected chi connectivity index (χ2v) is 8.29. The van der Waals surface area contributed by atoms with Gasteiger partial charge in [-0.15, -0.1) is 0 Å². The topological polar surface area (TPSA) is 72.0 Å². The summed E-state index contributed by atoms with van der Waals surface area (Å²) in [6.07, 6.45) is 3.56. The number of hydrogen-bond donors (Lipinski definition) is 0. The Bertz CT molecular complexity index is 1090. The van der Waals surface area contributed by atoms with Crippen molar-refractivity contribution in [3.05, 3.63) is 95.8 Å². The molecule has 1 aliphatic heterocycles. The van der Waals surface area contributed by atoms with Crippen molar-refractivity contribution in [3.8, 4) is 5.75 Å². The van der Waals surface area contributed by atoms with Crippen molar-refractivity contribution < 1.29 is 19.1 Å². The Morgan fingerprint density at radius 1 is 1.03 bits per heavy atom. The molecule has 0 aliphatic carbocycles. The summed E-state index contributed by atoms with van der Waals surface area (Å²) < 4.78 is 11.5. The van der Waals surface area contributed by atoms with Gasteiger partial charge in [-0.25, -0.2) is 0 Å². The van der Waals surface area contributed by atoms with E-state index in [4.69, 9.17) is 9.47 Å². The molecule has 4 rings (SSSR count). The van der Waals surface area contributed by atoms with Crippen molar-refractivity contribution >= 4 is 11.8 Å². The van der Waals surface area contributed by atoms with Gasteiger partial charge < -0.3 is 19.3 Å². The van der Waals surface area contributed by atoms with Crippen LogP contribution in [0.25, 0.3) is 0 Å². The molecule has 1 atom stereocenters. The minimum Gasteiger partial charge on any atom is -0.497 e. The molecule has 2 heterocycles. The predicted octanol–water partition coefficient (Wildman–Crippen LogP) is 3.20. The van der Waals surface area contributed by atoms with Crippen molar-refractivity contribution in [2.24, 2.45) is 0 Å². The maximum absolute atomic E-state index is 13.1. The number of carbonyl (C=O) groups is 2. The molecule has 7 nitrogen and oxygen atoms in total. The first-order valence-corrected chi connectivity index (χ1v) is 11.4. The Hall–Kier alpha value is -3.71. The largest absolute Gasteiger partial charge is 0.497 e. The molecule has 0 spiro atoms. The van der Waals surface area contributed by atoms with E-state index in [0.29, 0.717) is 31.8 Å². The Kier molecular flexibility index (Phi) is 7.88. The zero-order valence-corrected chi connectivity index (χ0v) is 19.3. The van der Waals surface area contributed by atoms with Crippen LogP contribution in [-0.4, -0.2) is 66.0 Å². The van der Waals surface area contributed by atoms with E-state index in [1.165, 1.54) is 6.20 Å². The quantitative estimate of drug-likeness (QED) is 0.517. The van der Waals surface area contributed by atoms with Crippen LogP contribution in [0.4, 0.5) is 0 Å². The van der Waals surface area contributed by atoms with Crippen LogP contribution in [-0.2, 0) is 22.6 Å². The Morgan fingerprint density at radius 3 is 2.62 bits per heavy atom. The molecule has 2 amide bonds. The van der Waals surface area contributed by atoms with Gasteiger partial charge in [0.2, 0.25) is 5.91 Å². The predicted molar refractivity (Wildman–Crippen MR) is 128 cm³/mol. The summed E-state index contributed by atoms with van der Waals surface area (Å²) in [5.74, 6) is 0.456. The van der Waals surface area contributed by atoms with E-state index in [9.17, 15) is 9.59 Å². The number of methoxy groups -OCH3 is 1. The lowest BCUT2D eigenvalue weighted by atomic mass is 10.1. The minimum absolute atomic E-state index is 0.0154. The van der Waals surface area contributed by atoms with Gasteiger partial charge in [-0.1, -0.05) is 42.5 Å². The Morgan fingerprint density at radius 2 is 1.85 bits per heavy atom. The lowest BCUT2D eigenvalue weighted by molar-refractivity contribution is -0.131. The normalized spacial score (nSPS) is 16.3. The van der Waals surface area contributed by atoms with E-state index >= 15 is 0 Å². The second-order valence-electron chi connectivity index (χ2n) is 8.29. The Labute approximate surface area is 199 Å². The first-order chi connectivity index (χ1) is 16.6. The number of amides is 2. The summed E-state index contributed by atoms with van der Waals surface area (Å²) in [7, 11) is 1.63. The summed E-state index contributed by atoms with van der Waals surface area (Å²) >= 11 is 0. The second kappa shape index (κ2) is 11.4. The maximum Gasteiger partial charge on any atom is 0.255 e. The number of benzene rings is 2. The van der Waals surface area contributed by atoms with Gasteiger partial charge in [0, 0.05) is 32.0 Å². The van der Waals surface area contributed by atoms with Gasteiger partial charge in [-0.3, -0.25) is 14.6 Å². The monoisotopic (exact) mass is 459 g/mol. The van der Waals surface area contributed by atoms with Gasteiger partial charge >= 0.3 is 0 Å². The highest BCUT2D eigenvalue weighted by Gasteiger charge is 2.31. The smallest absolute Gasteiger partial charge is 0.255 e. The van der Waals surface area contributed by atoms with Gasteiger partial charge in [0.1, 0.15) is 12.3 Å². The van der Waals surface area contributed by atoms with E-state index in [-0.39, 0.29) is 24.5 Å². The molecule has 3 aromatic rings. The highest BCUT2D eigenvalue weighted by molar-refractivity contribution is 5.96. The average Bonchev–Trinajstić information content (AvgIpc) is 3.05. The van der Waals surface area contributed by atoms with E-state index in [1.807, 2.05) is 42.5 Å². The van der Waals surface area contributed by atoms with Gasteiger partial charge in [0.15, 0.2) is 0 Å². The molecule has 0 radical (unpaired) electrons. The molecule has 1 aromatic heterocycles. The molecule has 0 bridgehead atoms. The van der Waals surface area contributed by atoms with Crippen LogP contribution in [0.5, 0.6) is 5.75 Å². The minimum atomic E-state index is -0.325. The summed E-state index contributed by atoms with van der Waals surface area (Å²) in [4.78, 5) is 33.7. The van der Waals surface area contributed by atoms with Gasteiger partial charge in [0.25, 0.3) is 5.91 Å². The van der Waals surface area contributed by atoms with Crippen molar-refractivity contribution in [2.45, 2.75) is 19.1 Å². The maximum atomic E-state index is 13.1. The van der Waals surface area contributed by atoms with Crippen LogP contribution in [0, 0.1) is 0 Å². The van der Waals surface area contributed by atoms with Crippen LogP contribution in [0.3, 0.4) is 0 Å². The molecule has 0 N–H and O–H groups in total. The van der Waals surface area contributed by atoms with E-state index in [2.05, 4.69) is 17.1 Å². The summed E-state index contributed by atoms with van der Waals surface area (Å²) in [6, 6.07) is 21.2. The van der Waals surface area contributed by atoms with Crippen LogP contribution in [0.2, 0.25) is 0 Å². The van der Waals surface area contributed by atoms with Gasteiger partial charge in [-0.2, -0.15) is 0 Å². The fourth-order valence-corrected chi connectivity index (χ4v) is 4.01. The van der Waals surface area contributed by atoms with Crippen LogP contribution < -0.4 is 4.74 Å². The van der Waals surface area contributed by atoms with E-state index in [0.717, 1.165) is 23.3 Å². The van der Waals surface area contributed by atoms with Crippen molar-refractivity contribution in [1.82, 2.24) is 14.8 Å². The van der Waals surface area contributed by atoms with Crippen LogP contribution in [0.15, 0.2) is 79.1 Å². The van der Waals surface area contributed by atoms with E-state index in [1.54, 1.807) is 35.2 Å². The molecule has 7 heteroatoms. The molecular formula is C27H29N3O4. The van der Waals surface area contributed by atoms with Crippen molar-refractivity contribution in [2.75, 3.05) is 33.3 Å². The molecular weight excluding hydrogens is 430 g/mol. The first kappa shape index (κ1) is 23.4. The average molecular weight is 460 g/mol. The fraction of sp³-hybridized carbons (Fsp3) is 0.296. The number of rotatable bonds is 8. The van der Waals surface area contributed by atoms with E-state index < -0.39 is 0 Å². The number of carbonyl (C=O) groups excluding carboxylic acids is 2. The van der Waals surface area contributed by atoms with Crippen molar-refractivity contribution in [3.63, 3.8) is 0 Å². The summed E-state index contributed by atoms with van der Waals surface area (Å²) in [5.41, 5.74) is 2.59. The van der Waals surface area contributed by atoms with Crippen LogP contribution in [0.1, 0.15) is 21.5 Å². The molecule has 0 unspecified atom stereocenters. The lowest BCUT2D eigenvalue weighted by Crippen LogP contribution is -2.40. The third-order valence-corrected chi connectivity index (χ3v) is 5.86. The van der Waals surface area contributed by atoms with Gasteiger partial charge in [-0.05, 0) is 41.8 Å². The number of ether oxygens (including phenoxy) is 2. The van der Waals surface area contributed by atoms with Crippen molar-refractivity contribution in [1.29, 1.82) is 0 Å². The Balaban J connectivity index is 1.49. The standard InChI is InChI=1S/C27H29N3O4/c1-33-24-11-5-9-22(15-24)20-34-25-17-29(14-12-21-7-3-2-4-8-21)26(31)19-30(18-25)27(32)23-10-6-13-28-16-23/h2-11,13,15-16,25H,12,14,17-20H2,1H3/t25-/m1/s1. The number of pyridine rings is 1. The number of aromatic nitrogens is 1.